The minimum atomic E-state index is 0.0359. The second kappa shape index (κ2) is 4.57. The average Bonchev–Trinajstić information content (AvgIpc) is 2.28. The molecule has 92 valence electrons. The number of carbonyl (C=O) groups is 1. The van der Waals surface area contributed by atoms with Crippen LogP contribution in [0.25, 0.3) is 0 Å². The first-order valence-electron chi connectivity index (χ1n) is 5.61. The van der Waals surface area contributed by atoms with Gasteiger partial charge in [-0.15, -0.1) is 0 Å². The highest BCUT2D eigenvalue weighted by Crippen LogP contribution is 2.15. The molecular weight excluding hydrogens is 218 g/mol. The fourth-order valence-electron chi connectivity index (χ4n) is 1.84. The summed E-state index contributed by atoms with van der Waals surface area (Å²) in [4.78, 5) is 23.9. The summed E-state index contributed by atoms with van der Waals surface area (Å²) in [6.45, 7) is 3.11. The van der Waals surface area contributed by atoms with Crippen molar-refractivity contribution < 1.29 is 4.79 Å². The van der Waals surface area contributed by atoms with Crippen LogP contribution in [-0.2, 0) is 4.79 Å². The molecule has 0 saturated carbocycles. The number of hydrogen-bond acceptors (Lipinski definition) is 5. The van der Waals surface area contributed by atoms with E-state index < -0.39 is 0 Å². The zero-order chi connectivity index (χ0) is 12.4. The summed E-state index contributed by atoms with van der Waals surface area (Å²) in [5, 5.41) is 2.88. The van der Waals surface area contributed by atoms with E-state index in [0.29, 0.717) is 12.5 Å². The van der Waals surface area contributed by atoms with E-state index >= 15 is 0 Å². The molecule has 2 heterocycles. The van der Waals surface area contributed by atoms with Crippen LogP contribution in [0.2, 0.25) is 0 Å². The minimum absolute atomic E-state index is 0.0359. The molecule has 1 aliphatic heterocycles. The molecule has 2 rings (SSSR count). The molecule has 1 unspecified atom stereocenters. The van der Waals surface area contributed by atoms with Gasteiger partial charge in [0.25, 0.3) is 0 Å². The monoisotopic (exact) mass is 235 g/mol. The third kappa shape index (κ3) is 2.64. The molecule has 0 spiro atoms. The minimum Gasteiger partial charge on any atom is -0.350 e. The van der Waals surface area contributed by atoms with Crippen molar-refractivity contribution >= 4 is 17.7 Å². The molecule has 0 radical (unpaired) electrons. The smallest absolute Gasteiger partial charge is 0.239 e. The van der Waals surface area contributed by atoms with Crippen molar-refractivity contribution in [2.45, 2.75) is 13.0 Å². The van der Waals surface area contributed by atoms with Crippen LogP contribution in [0.4, 0.5) is 11.8 Å². The Balaban J connectivity index is 2.21. The van der Waals surface area contributed by atoms with E-state index in [-0.39, 0.29) is 11.9 Å². The molecule has 0 bridgehead atoms. The SMILES string of the molecule is CC1CN(c2ccnc(N(C)C)n2)CC(=O)N1. The molecule has 1 N–H and O–H groups in total. The summed E-state index contributed by atoms with van der Waals surface area (Å²) >= 11 is 0. The zero-order valence-electron chi connectivity index (χ0n) is 10.3. The van der Waals surface area contributed by atoms with Gasteiger partial charge in [0, 0.05) is 32.9 Å². The molecule has 6 nitrogen and oxygen atoms in total. The molecule has 1 amide bonds. The van der Waals surface area contributed by atoms with E-state index in [1.165, 1.54) is 0 Å². The molecule has 0 aromatic carbocycles. The molecule has 1 saturated heterocycles. The van der Waals surface area contributed by atoms with Gasteiger partial charge in [-0.05, 0) is 13.0 Å². The molecule has 1 aromatic heterocycles. The number of piperazine rings is 1. The second-order valence-electron chi connectivity index (χ2n) is 4.46. The van der Waals surface area contributed by atoms with Crippen LogP contribution in [0.15, 0.2) is 12.3 Å². The first kappa shape index (κ1) is 11.6. The van der Waals surface area contributed by atoms with E-state index in [1.807, 2.05) is 36.9 Å². The van der Waals surface area contributed by atoms with Gasteiger partial charge in [0.15, 0.2) is 0 Å². The lowest BCUT2D eigenvalue weighted by Crippen LogP contribution is -2.53. The van der Waals surface area contributed by atoms with Crippen molar-refractivity contribution in [2.24, 2.45) is 0 Å². The van der Waals surface area contributed by atoms with Crippen LogP contribution >= 0.6 is 0 Å². The van der Waals surface area contributed by atoms with Crippen molar-refractivity contribution in [3.63, 3.8) is 0 Å². The van der Waals surface area contributed by atoms with Gasteiger partial charge in [0.1, 0.15) is 5.82 Å². The van der Waals surface area contributed by atoms with Crippen molar-refractivity contribution in [1.82, 2.24) is 15.3 Å². The van der Waals surface area contributed by atoms with Crippen molar-refractivity contribution in [3.8, 4) is 0 Å². The first-order chi connectivity index (χ1) is 8.06. The number of aromatic nitrogens is 2. The van der Waals surface area contributed by atoms with Crippen LogP contribution in [-0.4, -0.2) is 49.1 Å². The molecular formula is C11H17N5O. The number of hydrogen-bond donors (Lipinski definition) is 1. The summed E-state index contributed by atoms with van der Waals surface area (Å²) in [6.07, 6.45) is 1.72. The van der Waals surface area contributed by atoms with Gasteiger partial charge >= 0.3 is 0 Å². The van der Waals surface area contributed by atoms with E-state index in [0.717, 1.165) is 12.4 Å². The van der Waals surface area contributed by atoms with Crippen molar-refractivity contribution in [2.75, 3.05) is 37.0 Å². The number of anilines is 2. The molecule has 1 aromatic rings. The Labute approximate surface area is 101 Å². The third-order valence-corrected chi connectivity index (χ3v) is 2.59. The summed E-state index contributed by atoms with van der Waals surface area (Å²) in [5.41, 5.74) is 0. The van der Waals surface area contributed by atoms with Gasteiger partial charge in [-0.25, -0.2) is 4.98 Å². The maximum absolute atomic E-state index is 11.5. The second-order valence-corrected chi connectivity index (χ2v) is 4.46. The van der Waals surface area contributed by atoms with E-state index in [1.54, 1.807) is 6.20 Å². The lowest BCUT2D eigenvalue weighted by Gasteiger charge is -2.32. The molecule has 1 fully saturated rings. The lowest BCUT2D eigenvalue weighted by atomic mass is 10.2. The van der Waals surface area contributed by atoms with Crippen molar-refractivity contribution in [1.29, 1.82) is 0 Å². The Morgan fingerprint density at radius 2 is 2.29 bits per heavy atom. The van der Waals surface area contributed by atoms with Crippen LogP contribution in [0.1, 0.15) is 6.92 Å². The quantitative estimate of drug-likeness (QED) is 0.773. The fraction of sp³-hybridized carbons (Fsp3) is 0.545. The predicted octanol–water partition coefficient (Wildman–Crippen LogP) is -0.133. The first-order valence-corrected chi connectivity index (χ1v) is 5.61. The highest BCUT2D eigenvalue weighted by Gasteiger charge is 2.22. The fourth-order valence-corrected chi connectivity index (χ4v) is 1.84. The Morgan fingerprint density at radius 3 is 2.94 bits per heavy atom. The molecule has 6 heteroatoms. The summed E-state index contributed by atoms with van der Waals surface area (Å²) in [6, 6.07) is 1.98. The van der Waals surface area contributed by atoms with Crippen LogP contribution in [0.3, 0.4) is 0 Å². The highest BCUT2D eigenvalue weighted by molar-refractivity contribution is 5.82. The normalized spacial score (nSPS) is 20.1. The van der Waals surface area contributed by atoms with Gasteiger partial charge in [0.2, 0.25) is 11.9 Å². The van der Waals surface area contributed by atoms with Crippen LogP contribution < -0.4 is 15.1 Å². The van der Waals surface area contributed by atoms with Gasteiger partial charge in [-0.2, -0.15) is 4.98 Å². The maximum Gasteiger partial charge on any atom is 0.239 e. The number of amides is 1. The Kier molecular flexibility index (Phi) is 3.12. The summed E-state index contributed by atoms with van der Waals surface area (Å²) < 4.78 is 0. The van der Waals surface area contributed by atoms with Gasteiger partial charge in [-0.1, -0.05) is 0 Å². The number of rotatable bonds is 2. The molecule has 0 aliphatic carbocycles. The zero-order valence-corrected chi connectivity index (χ0v) is 10.3. The van der Waals surface area contributed by atoms with Crippen molar-refractivity contribution in [3.05, 3.63) is 12.3 Å². The average molecular weight is 235 g/mol. The summed E-state index contributed by atoms with van der Waals surface area (Å²) in [7, 11) is 3.79. The van der Waals surface area contributed by atoms with Gasteiger partial charge in [0.05, 0.1) is 6.54 Å². The van der Waals surface area contributed by atoms with E-state index in [2.05, 4.69) is 15.3 Å². The highest BCUT2D eigenvalue weighted by atomic mass is 16.2. The van der Waals surface area contributed by atoms with Crippen LogP contribution in [0.5, 0.6) is 0 Å². The number of nitrogens with one attached hydrogen (secondary N) is 1. The van der Waals surface area contributed by atoms with Gasteiger partial charge < -0.3 is 15.1 Å². The van der Waals surface area contributed by atoms with Crippen LogP contribution in [0, 0.1) is 0 Å². The summed E-state index contributed by atoms with van der Waals surface area (Å²) in [5.74, 6) is 1.49. The Hall–Kier alpha value is -1.85. The Morgan fingerprint density at radius 1 is 1.53 bits per heavy atom. The predicted molar refractivity (Wildman–Crippen MR) is 66.2 cm³/mol. The third-order valence-electron chi connectivity index (χ3n) is 2.59. The molecule has 1 aliphatic rings. The van der Waals surface area contributed by atoms with E-state index in [9.17, 15) is 4.79 Å². The Bertz CT molecular complexity index is 420. The number of carbonyl (C=O) groups excluding carboxylic acids is 1. The lowest BCUT2D eigenvalue weighted by molar-refractivity contribution is -0.121. The van der Waals surface area contributed by atoms with E-state index in [4.69, 9.17) is 0 Å². The topological polar surface area (TPSA) is 61.4 Å². The standard InChI is InChI=1S/C11H17N5O/c1-8-6-16(7-10(17)13-8)9-4-5-12-11(14-9)15(2)3/h4-5,8H,6-7H2,1-3H3,(H,13,17). The molecule has 1 atom stereocenters. The largest absolute Gasteiger partial charge is 0.350 e. The van der Waals surface area contributed by atoms with Gasteiger partial charge in [-0.3, -0.25) is 4.79 Å². The maximum atomic E-state index is 11.5. The molecule has 17 heavy (non-hydrogen) atoms. The number of nitrogens with zero attached hydrogens (tertiary/aromatic N) is 4.